The van der Waals surface area contributed by atoms with Crippen molar-refractivity contribution >= 4 is 5.97 Å². The van der Waals surface area contributed by atoms with E-state index in [4.69, 9.17) is 15.2 Å². The van der Waals surface area contributed by atoms with Crippen LogP contribution in [0.1, 0.15) is 25.3 Å². The lowest BCUT2D eigenvalue weighted by molar-refractivity contribution is -0.149. The Morgan fingerprint density at radius 1 is 1.37 bits per heavy atom. The molecule has 104 valence electrons. The Morgan fingerprint density at radius 3 is 2.68 bits per heavy atom. The fraction of sp³-hybridized carbons (Fsp3) is 0.533. The van der Waals surface area contributed by atoms with E-state index in [0.717, 1.165) is 12.8 Å². The van der Waals surface area contributed by atoms with Crippen molar-refractivity contribution in [2.24, 2.45) is 11.7 Å². The number of hydrogen-bond donors (Lipinski definition) is 1. The second-order valence-electron chi connectivity index (χ2n) is 4.93. The molecule has 0 radical (unpaired) electrons. The molecule has 2 N–H and O–H groups in total. The topological polar surface area (TPSA) is 61.5 Å². The van der Waals surface area contributed by atoms with Gasteiger partial charge in [-0.3, -0.25) is 4.79 Å². The van der Waals surface area contributed by atoms with Gasteiger partial charge in [-0.15, -0.1) is 0 Å². The van der Waals surface area contributed by atoms with E-state index in [1.54, 1.807) is 6.92 Å². The van der Waals surface area contributed by atoms with Gasteiger partial charge >= 0.3 is 5.97 Å². The van der Waals surface area contributed by atoms with E-state index in [1.807, 2.05) is 30.3 Å². The van der Waals surface area contributed by atoms with Crippen molar-refractivity contribution in [3.05, 3.63) is 35.9 Å². The van der Waals surface area contributed by atoms with E-state index < -0.39 is 6.04 Å². The first-order valence-electron chi connectivity index (χ1n) is 6.78. The fourth-order valence-corrected chi connectivity index (χ4v) is 2.25. The van der Waals surface area contributed by atoms with Crippen molar-refractivity contribution in [2.45, 2.75) is 38.5 Å². The van der Waals surface area contributed by atoms with Gasteiger partial charge in [0.1, 0.15) is 6.04 Å². The summed E-state index contributed by atoms with van der Waals surface area (Å²) in [6.07, 6.45) is 1.89. The van der Waals surface area contributed by atoms with Crippen LogP contribution >= 0.6 is 0 Å². The highest BCUT2D eigenvalue weighted by Crippen LogP contribution is 2.33. The Labute approximate surface area is 113 Å². The maximum Gasteiger partial charge on any atom is 0.323 e. The van der Waals surface area contributed by atoms with Gasteiger partial charge in [-0.25, -0.2) is 0 Å². The minimum Gasteiger partial charge on any atom is -0.465 e. The molecule has 1 aliphatic carbocycles. The fourth-order valence-electron chi connectivity index (χ4n) is 2.25. The SMILES string of the molecule is CCOC(=O)C(N)[C@H]1C[C@@H](OCc2ccccc2)C1. The van der Waals surface area contributed by atoms with Gasteiger partial charge in [0.15, 0.2) is 0 Å². The van der Waals surface area contributed by atoms with Gasteiger partial charge in [0.25, 0.3) is 0 Å². The largest absolute Gasteiger partial charge is 0.465 e. The normalized spacial score (nSPS) is 23.5. The van der Waals surface area contributed by atoms with E-state index >= 15 is 0 Å². The van der Waals surface area contributed by atoms with Gasteiger partial charge in [-0.2, -0.15) is 0 Å². The van der Waals surface area contributed by atoms with Crippen LogP contribution in [-0.2, 0) is 20.9 Å². The minimum absolute atomic E-state index is 0.194. The third-order valence-corrected chi connectivity index (χ3v) is 3.53. The lowest BCUT2D eigenvalue weighted by atomic mass is 9.77. The first-order chi connectivity index (χ1) is 9.20. The summed E-state index contributed by atoms with van der Waals surface area (Å²) in [6, 6.07) is 9.57. The molecular formula is C15H21NO3. The predicted molar refractivity (Wildman–Crippen MR) is 72.4 cm³/mol. The second-order valence-corrected chi connectivity index (χ2v) is 4.93. The molecule has 0 aromatic heterocycles. The van der Waals surface area contributed by atoms with Crippen molar-refractivity contribution in [3.8, 4) is 0 Å². The standard InChI is InChI=1S/C15H21NO3/c1-2-18-15(17)14(16)12-8-13(9-12)19-10-11-6-4-3-5-7-11/h3-7,12-14H,2,8-10,16H2,1H3/t12-,13+,14?. The van der Waals surface area contributed by atoms with Crippen LogP contribution < -0.4 is 5.73 Å². The van der Waals surface area contributed by atoms with Crippen molar-refractivity contribution in [1.82, 2.24) is 0 Å². The summed E-state index contributed by atoms with van der Waals surface area (Å²) in [5.74, 6) is -0.103. The number of carbonyl (C=O) groups is 1. The quantitative estimate of drug-likeness (QED) is 0.796. The molecule has 1 aromatic rings. The summed E-state index contributed by atoms with van der Waals surface area (Å²) in [4.78, 5) is 11.5. The Morgan fingerprint density at radius 2 is 2.05 bits per heavy atom. The molecule has 1 saturated carbocycles. The molecule has 0 bridgehead atoms. The molecule has 1 aliphatic rings. The summed E-state index contributed by atoms with van der Waals surface area (Å²) in [5, 5.41) is 0. The van der Waals surface area contributed by atoms with Crippen molar-refractivity contribution in [3.63, 3.8) is 0 Å². The molecule has 2 rings (SSSR count). The maximum atomic E-state index is 11.5. The lowest BCUT2D eigenvalue weighted by Crippen LogP contribution is -2.47. The molecule has 1 aromatic carbocycles. The molecule has 0 spiro atoms. The number of nitrogens with two attached hydrogens (primary N) is 1. The van der Waals surface area contributed by atoms with Crippen LogP contribution in [-0.4, -0.2) is 24.7 Å². The van der Waals surface area contributed by atoms with E-state index in [2.05, 4.69) is 0 Å². The van der Waals surface area contributed by atoms with Crippen LogP contribution in [0.15, 0.2) is 30.3 Å². The number of rotatable bonds is 6. The number of esters is 1. The van der Waals surface area contributed by atoms with Crippen LogP contribution in [0.5, 0.6) is 0 Å². The van der Waals surface area contributed by atoms with Gasteiger partial charge in [0.05, 0.1) is 19.3 Å². The van der Waals surface area contributed by atoms with Gasteiger partial charge in [0.2, 0.25) is 0 Å². The van der Waals surface area contributed by atoms with E-state index in [1.165, 1.54) is 5.56 Å². The molecule has 0 heterocycles. The highest BCUT2D eigenvalue weighted by Gasteiger charge is 2.37. The minimum atomic E-state index is -0.503. The molecule has 0 aliphatic heterocycles. The van der Waals surface area contributed by atoms with Crippen molar-refractivity contribution in [2.75, 3.05) is 6.61 Å². The average Bonchev–Trinajstić information content (AvgIpc) is 2.38. The average molecular weight is 263 g/mol. The van der Waals surface area contributed by atoms with Crippen LogP contribution in [0, 0.1) is 5.92 Å². The number of ether oxygens (including phenoxy) is 2. The van der Waals surface area contributed by atoms with Crippen LogP contribution in [0.3, 0.4) is 0 Å². The third-order valence-electron chi connectivity index (χ3n) is 3.53. The highest BCUT2D eigenvalue weighted by molar-refractivity contribution is 5.76. The molecule has 1 fully saturated rings. The zero-order chi connectivity index (χ0) is 13.7. The monoisotopic (exact) mass is 263 g/mol. The molecule has 4 heteroatoms. The van der Waals surface area contributed by atoms with E-state index in [-0.39, 0.29) is 18.0 Å². The summed E-state index contributed by atoms with van der Waals surface area (Å²) in [7, 11) is 0. The number of hydrogen-bond acceptors (Lipinski definition) is 4. The van der Waals surface area contributed by atoms with E-state index in [0.29, 0.717) is 13.2 Å². The van der Waals surface area contributed by atoms with Crippen molar-refractivity contribution < 1.29 is 14.3 Å². The van der Waals surface area contributed by atoms with Crippen LogP contribution in [0.2, 0.25) is 0 Å². The Balaban J connectivity index is 1.67. The molecule has 0 amide bonds. The molecular weight excluding hydrogens is 242 g/mol. The summed E-state index contributed by atoms with van der Waals surface area (Å²) in [5.41, 5.74) is 7.02. The van der Waals surface area contributed by atoms with Crippen LogP contribution in [0.25, 0.3) is 0 Å². The first kappa shape index (κ1) is 14.0. The molecule has 19 heavy (non-hydrogen) atoms. The molecule has 1 unspecified atom stereocenters. The maximum absolute atomic E-state index is 11.5. The molecule has 1 atom stereocenters. The predicted octanol–water partition coefficient (Wildman–Crippen LogP) is 1.87. The highest BCUT2D eigenvalue weighted by atomic mass is 16.5. The van der Waals surface area contributed by atoms with Gasteiger partial charge in [-0.05, 0) is 31.2 Å². The van der Waals surface area contributed by atoms with Gasteiger partial charge in [0, 0.05) is 0 Å². The Kier molecular flexibility index (Phi) is 4.93. The summed E-state index contributed by atoms with van der Waals surface area (Å²) < 4.78 is 10.7. The Bertz CT molecular complexity index is 401. The lowest BCUT2D eigenvalue weighted by Gasteiger charge is -2.37. The first-order valence-corrected chi connectivity index (χ1v) is 6.78. The molecule has 0 saturated heterocycles. The third kappa shape index (κ3) is 3.78. The number of carbonyl (C=O) groups excluding carboxylic acids is 1. The van der Waals surface area contributed by atoms with Gasteiger partial charge < -0.3 is 15.2 Å². The van der Waals surface area contributed by atoms with Crippen LogP contribution in [0.4, 0.5) is 0 Å². The smallest absolute Gasteiger partial charge is 0.323 e. The van der Waals surface area contributed by atoms with E-state index in [9.17, 15) is 4.79 Å². The van der Waals surface area contributed by atoms with Crippen molar-refractivity contribution in [1.29, 1.82) is 0 Å². The summed E-state index contributed by atoms with van der Waals surface area (Å²) in [6.45, 7) is 2.79. The zero-order valence-corrected chi connectivity index (χ0v) is 11.2. The molecule has 4 nitrogen and oxygen atoms in total. The zero-order valence-electron chi connectivity index (χ0n) is 11.2. The number of benzene rings is 1. The van der Waals surface area contributed by atoms with Gasteiger partial charge in [-0.1, -0.05) is 30.3 Å². The Hall–Kier alpha value is -1.39. The summed E-state index contributed by atoms with van der Waals surface area (Å²) >= 11 is 0. The second kappa shape index (κ2) is 6.68.